The number of rotatable bonds is 9. The molecule has 0 aliphatic heterocycles. The normalized spacial score (nSPS) is 10.2. The third kappa shape index (κ3) is 6.88. The number of hydrogen-bond donors (Lipinski definition) is 2. The summed E-state index contributed by atoms with van der Waals surface area (Å²) in [7, 11) is 0. The Balaban J connectivity index is 1.83. The molecular weight excluding hydrogens is 424 g/mol. The van der Waals surface area contributed by atoms with Crippen molar-refractivity contribution in [3.63, 3.8) is 0 Å². The second-order valence-electron chi connectivity index (χ2n) is 6.28. The van der Waals surface area contributed by atoms with Crippen LogP contribution >= 0.6 is 15.9 Å². The van der Waals surface area contributed by atoms with Gasteiger partial charge in [-0.25, -0.2) is 0 Å². The molecule has 2 rings (SSSR count). The molecule has 28 heavy (non-hydrogen) atoms. The smallest absolute Gasteiger partial charge is 0.276 e. The predicted octanol–water partition coefficient (Wildman–Crippen LogP) is 4.17. The third-order valence-corrected chi connectivity index (χ3v) is 4.52. The van der Waals surface area contributed by atoms with Crippen LogP contribution in [-0.2, 0) is 4.79 Å². The summed E-state index contributed by atoms with van der Waals surface area (Å²) >= 11 is 3.39. The Morgan fingerprint density at radius 3 is 2.54 bits per heavy atom. The van der Waals surface area contributed by atoms with Gasteiger partial charge >= 0.3 is 0 Å². The highest BCUT2D eigenvalue weighted by Crippen LogP contribution is 2.25. The topological polar surface area (TPSA) is 76.7 Å². The fourth-order valence-corrected chi connectivity index (χ4v) is 3.02. The number of para-hydroxylation sites is 1. The Labute approximate surface area is 173 Å². The van der Waals surface area contributed by atoms with Crippen molar-refractivity contribution in [2.45, 2.75) is 33.1 Å². The van der Waals surface area contributed by atoms with Crippen LogP contribution in [0.1, 0.15) is 42.1 Å². The van der Waals surface area contributed by atoms with Gasteiger partial charge in [0.25, 0.3) is 11.8 Å². The van der Waals surface area contributed by atoms with E-state index in [2.05, 4.69) is 33.7 Å². The summed E-state index contributed by atoms with van der Waals surface area (Å²) in [5.74, 6) is 0.126. The molecule has 0 bridgehead atoms. The molecule has 0 atom stereocenters. The lowest BCUT2D eigenvalue weighted by Crippen LogP contribution is -2.44. The number of halogens is 1. The van der Waals surface area contributed by atoms with Crippen molar-refractivity contribution >= 4 is 27.7 Å². The average Bonchev–Trinajstić information content (AvgIpc) is 2.69. The molecule has 0 aliphatic rings. The summed E-state index contributed by atoms with van der Waals surface area (Å²) in [5.41, 5.74) is 6.18. The van der Waals surface area contributed by atoms with Crippen molar-refractivity contribution < 1.29 is 19.1 Å². The summed E-state index contributed by atoms with van der Waals surface area (Å²) < 4.78 is 11.9. The number of carbonyl (C=O) groups excluding carboxylic acids is 2. The fourth-order valence-electron chi connectivity index (χ4n) is 2.41. The van der Waals surface area contributed by atoms with Crippen LogP contribution in [0, 0.1) is 6.92 Å². The number of carbonyl (C=O) groups is 2. The lowest BCUT2D eigenvalue weighted by molar-refractivity contribution is -0.123. The van der Waals surface area contributed by atoms with Gasteiger partial charge in [0.15, 0.2) is 6.61 Å². The van der Waals surface area contributed by atoms with Crippen LogP contribution in [0.5, 0.6) is 11.5 Å². The highest BCUT2D eigenvalue weighted by atomic mass is 79.9. The van der Waals surface area contributed by atoms with Gasteiger partial charge < -0.3 is 9.47 Å². The lowest BCUT2D eigenvalue weighted by atomic mass is 10.2. The van der Waals surface area contributed by atoms with Crippen LogP contribution < -0.4 is 20.3 Å². The van der Waals surface area contributed by atoms with Gasteiger partial charge in [0, 0.05) is 0 Å². The zero-order valence-electron chi connectivity index (χ0n) is 16.1. The Morgan fingerprint density at radius 1 is 1.00 bits per heavy atom. The highest BCUT2D eigenvalue weighted by Gasteiger charge is 2.13. The van der Waals surface area contributed by atoms with Gasteiger partial charge in [0.1, 0.15) is 11.5 Å². The molecule has 2 N–H and O–H groups in total. The Bertz CT molecular complexity index is 811. The van der Waals surface area contributed by atoms with Crippen LogP contribution in [0.15, 0.2) is 46.9 Å². The maximum Gasteiger partial charge on any atom is 0.276 e. The van der Waals surface area contributed by atoms with Crippen molar-refractivity contribution in [2.24, 2.45) is 0 Å². The minimum Gasteiger partial charge on any atom is -0.493 e. The van der Waals surface area contributed by atoms with Crippen molar-refractivity contribution in [3.8, 4) is 11.5 Å². The molecule has 0 heterocycles. The van der Waals surface area contributed by atoms with Crippen molar-refractivity contribution in [3.05, 3.63) is 58.1 Å². The molecule has 150 valence electrons. The van der Waals surface area contributed by atoms with Crippen LogP contribution in [0.2, 0.25) is 0 Å². The molecular formula is C21H25BrN2O4. The number of aryl methyl sites for hydroxylation is 1. The molecule has 2 amide bonds. The van der Waals surface area contributed by atoms with Gasteiger partial charge in [-0.2, -0.15) is 0 Å². The molecule has 0 saturated heterocycles. The maximum atomic E-state index is 12.4. The third-order valence-electron chi connectivity index (χ3n) is 3.90. The van der Waals surface area contributed by atoms with E-state index in [1.54, 1.807) is 30.3 Å². The summed E-state index contributed by atoms with van der Waals surface area (Å²) in [5, 5.41) is 0. The summed E-state index contributed by atoms with van der Waals surface area (Å²) in [6.45, 7) is 4.40. The molecule has 0 saturated carbocycles. The monoisotopic (exact) mass is 448 g/mol. The summed E-state index contributed by atoms with van der Waals surface area (Å²) in [6, 6.07) is 12.5. The summed E-state index contributed by atoms with van der Waals surface area (Å²) in [6.07, 6.45) is 3.09. The number of amides is 2. The van der Waals surface area contributed by atoms with Crippen molar-refractivity contribution in [2.75, 3.05) is 13.2 Å². The molecule has 0 aromatic heterocycles. The summed E-state index contributed by atoms with van der Waals surface area (Å²) in [4.78, 5) is 24.3. The zero-order chi connectivity index (χ0) is 20.4. The first-order valence-electron chi connectivity index (χ1n) is 9.21. The number of hydrogen-bond acceptors (Lipinski definition) is 4. The van der Waals surface area contributed by atoms with Gasteiger partial charge in [0.2, 0.25) is 0 Å². The first kappa shape index (κ1) is 21.8. The van der Waals surface area contributed by atoms with Gasteiger partial charge in [-0.05, 0) is 59.1 Å². The van der Waals surface area contributed by atoms with Crippen LogP contribution in [0.4, 0.5) is 0 Å². The molecule has 0 fully saturated rings. The van der Waals surface area contributed by atoms with E-state index in [-0.39, 0.29) is 6.61 Å². The Kier molecular flexibility index (Phi) is 8.81. The highest BCUT2D eigenvalue weighted by molar-refractivity contribution is 9.10. The van der Waals surface area contributed by atoms with Gasteiger partial charge in [-0.15, -0.1) is 0 Å². The van der Waals surface area contributed by atoms with E-state index in [0.29, 0.717) is 23.7 Å². The molecule has 6 nitrogen and oxygen atoms in total. The van der Waals surface area contributed by atoms with E-state index in [1.807, 2.05) is 19.1 Å². The standard InChI is InChI=1S/C21H25BrN2O4/c1-3-4-7-12-27-18-9-6-5-8-16(18)21(26)24-23-20(25)14-28-19-11-10-15(2)13-17(19)22/h5-6,8-11,13H,3-4,7,12,14H2,1-2H3,(H,23,25)(H,24,26). The van der Waals surface area contributed by atoms with Crippen molar-refractivity contribution in [1.82, 2.24) is 10.9 Å². The molecule has 0 radical (unpaired) electrons. The van der Waals surface area contributed by atoms with Gasteiger partial charge in [-0.3, -0.25) is 20.4 Å². The van der Waals surface area contributed by atoms with Gasteiger partial charge in [-0.1, -0.05) is 38.0 Å². The average molecular weight is 449 g/mol. The SMILES string of the molecule is CCCCCOc1ccccc1C(=O)NNC(=O)COc1ccc(C)cc1Br. The molecule has 0 unspecified atom stereocenters. The predicted molar refractivity (Wildman–Crippen MR) is 111 cm³/mol. The number of ether oxygens (including phenoxy) is 2. The first-order chi connectivity index (χ1) is 13.5. The second kappa shape index (κ2) is 11.3. The molecule has 7 heteroatoms. The van der Waals surface area contributed by atoms with E-state index in [1.165, 1.54) is 0 Å². The Hall–Kier alpha value is -2.54. The molecule has 2 aromatic carbocycles. The van der Waals surface area contributed by atoms with Crippen molar-refractivity contribution in [1.29, 1.82) is 0 Å². The largest absolute Gasteiger partial charge is 0.493 e. The first-order valence-corrected chi connectivity index (χ1v) is 10.0. The molecule has 0 aliphatic carbocycles. The minimum absolute atomic E-state index is 0.225. The van der Waals surface area contributed by atoms with Gasteiger partial charge in [0.05, 0.1) is 16.6 Å². The van der Waals surface area contributed by atoms with E-state index < -0.39 is 11.8 Å². The second-order valence-corrected chi connectivity index (χ2v) is 7.13. The van der Waals surface area contributed by atoms with Crippen LogP contribution in [-0.4, -0.2) is 25.0 Å². The number of nitrogens with one attached hydrogen (secondary N) is 2. The molecule has 2 aromatic rings. The number of unbranched alkanes of at least 4 members (excludes halogenated alkanes) is 2. The lowest BCUT2D eigenvalue weighted by Gasteiger charge is -2.13. The minimum atomic E-state index is -0.470. The van der Waals surface area contributed by atoms with Crippen LogP contribution in [0.25, 0.3) is 0 Å². The zero-order valence-corrected chi connectivity index (χ0v) is 17.7. The molecule has 0 spiro atoms. The number of benzene rings is 2. The van der Waals surface area contributed by atoms with E-state index in [0.717, 1.165) is 29.3 Å². The number of hydrazine groups is 1. The van der Waals surface area contributed by atoms with Crippen LogP contribution in [0.3, 0.4) is 0 Å². The van der Waals surface area contributed by atoms with E-state index in [9.17, 15) is 9.59 Å². The Morgan fingerprint density at radius 2 is 1.79 bits per heavy atom. The quantitative estimate of drug-likeness (QED) is 0.445. The van der Waals surface area contributed by atoms with E-state index in [4.69, 9.17) is 9.47 Å². The fraction of sp³-hybridized carbons (Fsp3) is 0.333. The van der Waals surface area contributed by atoms with E-state index >= 15 is 0 Å². The maximum absolute atomic E-state index is 12.4.